The van der Waals surface area contributed by atoms with Crippen molar-refractivity contribution in [1.82, 2.24) is 9.55 Å². The van der Waals surface area contributed by atoms with Crippen LogP contribution in [0.2, 0.25) is 0 Å². The Kier molecular flexibility index (Phi) is 3.47. The van der Waals surface area contributed by atoms with Gasteiger partial charge < -0.3 is 9.30 Å². The topological polar surface area (TPSA) is 27.1 Å². The van der Waals surface area contributed by atoms with Crippen LogP contribution in [0, 0.1) is 0 Å². The highest BCUT2D eigenvalue weighted by atomic mass is 79.9. The van der Waals surface area contributed by atoms with Crippen LogP contribution in [0.15, 0.2) is 22.9 Å². The lowest BCUT2D eigenvalue weighted by Gasteiger charge is -2.21. The lowest BCUT2D eigenvalue weighted by molar-refractivity contribution is -0.127. The SMILES string of the molecule is COc1cc2c(cc1Br)-c1c(CC(F)(F)F)ncn1CC2. The molecule has 0 saturated heterocycles. The zero-order valence-electron chi connectivity index (χ0n) is 11.2. The molecule has 0 spiro atoms. The summed E-state index contributed by atoms with van der Waals surface area (Å²) in [5.41, 5.74) is 2.38. The van der Waals surface area contributed by atoms with Gasteiger partial charge in [-0.15, -0.1) is 0 Å². The second-order valence-corrected chi connectivity index (χ2v) is 5.77. The molecule has 0 saturated carbocycles. The van der Waals surface area contributed by atoms with Crippen molar-refractivity contribution >= 4 is 15.9 Å². The third-order valence-electron chi connectivity index (χ3n) is 3.54. The van der Waals surface area contributed by atoms with Crippen LogP contribution in [-0.4, -0.2) is 22.8 Å². The smallest absolute Gasteiger partial charge is 0.394 e. The van der Waals surface area contributed by atoms with Crippen molar-refractivity contribution in [2.24, 2.45) is 0 Å². The predicted octanol–water partition coefficient (Wildman–Crippen LogP) is 3.98. The molecule has 0 radical (unpaired) electrons. The number of methoxy groups -OCH3 is 1. The van der Waals surface area contributed by atoms with E-state index in [1.807, 2.05) is 6.07 Å². The zero-order valence-corrected chi connectivity index (χ0v) is 12.8. The van der Waals surface area contributed by atoms with E-state index in [4.69, 9.17) is 4.74 Å². The summed E-state index contributed by atoms with van der Waals surface area (Å²) in [4.78, 5) is 3.95. The number of benzene rings is 1. The maximum atomic E-state index is 12.7. The molecule has 1 aliphatic heterocycles. The van der Waals surface area contributed by atoms with Crippen molar-refractivity contribution < 1.29 is 17.9 Å². The van der Waals surface area contributed by atoms with Crippen LogP contribution >= 0.6 is 15.9 Å². The van der Waals surface area contributed by atoms with Gasteiger partial charge in [-0.3, -0.25) is 0 Å². The molecule has 0 amide bonds. The van der Waals surface area contributed by atoms with Crippen molar-refractivity contribution in [3.8, 4) is 17.0 Å². The van der Waals surface area contributed by atoms with Gasteiger partial charge >= 0.3 is 6.18 Å². The van der Waals surface area contributed by atoms with Crippen LogP contribution in [-0.2, 0) is 19.4 Å². The quantitative estimate of drug-likeness (QED) is 0.809. The van der Waals surface area contributed by atoms with Gasteiger partial charge in [-0.2, -0.15) is 13.2 Å². The first-order valence-electron chi connectivity index (χ1n) is 6.36. The number of alkyl halides is 3. The van der Waals surface area contributed by atoms with E-state index in [2.05, 4.69) is 20.9 Å². The minimum atomic E-state index is -4.27. The van der Waals surface area contributed by atoms with Gasteiger partial charge in [0.2, 0.25) is 0 Å². The summed E-state index contributed by atoms with van der Waals surface area (Å²) in [5.74, 6) is 0.680. The van der Waals surface area contributed by atoms with E-state index in [1.165, 1.54) is 6.33 Å². The van der Waals surface area contributed by atoms with Crippen LogP contribution in [0.4, 0.5) is 13.2 Å². The van der Waals surface area contributed by atoms with Gasteiger partial charge in [0, 0.05) is 12.1 Å². The van der Waals surface area contributed by atoms with Crippen molar-refractivity contribution in [3.63, 3.8) is 0 Å². The molecule has 0 N–H and O–H groups in total. The minimum absolute atomic E-state index is 0.0699. The lowest BCUT2D eigenvalue weighted by atomic mass is 9.96. The molecular weight excluding hydrogens is 349 g/mol. The lowest BCUT2D eigenvalue weighted by Crippen LogP contribution is -2.15. The Labute approximate surface area is 127 Å². The second kappa shape index (κ2) is 5.05. The molecule has 21 heavy (non-hydrogen) atoms. The number of nitrogens with zero attached hydrogens (tertiary/aromatic N) is 2. The van der Waals surface area contributed by atoms with Crippen molar-refractivity contribution in [1.29, 1.82) is 0 Å². The van der Waals surface area contributed by atoms with Gasteiger partial charge in [-0.05, 0) is 40.0 Å². The maximum absolute atomic E-state index is 12.7. The second-order valence-electron chi connectivity index (χ2n) is 4.92. The highest BCUT2D eigenvalue weighted by molar-refractivity contribution is 9.10. The molecule has 112 valence electrons. The molecular formula is C14H12BrF3N2O. The van der Waals surface area contributed by atoms with E-state index >= 15 is 0 Å². The third-order valence-corrected chi connectivity index (χ3v) is 4.16. The molecule has 0 fully saturated rings. The Balaban J connectivity index is 2.13. The Bertz CT molecular complexity index is 694. The zero-order chi connectivity index (χ0) is 15.2. The predicted molar refractivity (Wildman–Crippen MR) is 75.4 cm³/mol. The van der Waals surface area contributed by atoms with Crippen molar-refractivity contribution in [3.05, 3.63) is 34.2 Å². The molecule has 1 aliphatic rings. The van der Waals surface area contributed by atoms with Crippen LogP contribution in [0.3, 0.4) is 0 Å². The number of hydrogen-bond acceptors (Lipinski definition) is 2. The van der Waals surface area contributed by atoms with E-state index in [9.17, 15) is 13.2 Å². The molecule has 1 aromatic carbocycles. The van der Waals surface area contributed by atoms with Crippen molar-refractivity contribution in [2.45, 2.75) is 25.6 Å². The van der Waals surface area contributed by atoms with Gasteiger partial charge in [0.15, 0.2) is 0 Å². The Hall–Kier alpha value is -1.50. The number of fused-ring (bicyclic) bond motifs is 3. The Morgan fingerprint density at radius 3 is 2.81 bits per heavy atom. The third kappa shape index (κ3) is 2.66. The fourth-order valence-corrected chi connectivity index (χ4v) is 3.15. The standard InChI is InChI=1S/C14H12BrF3N2O/c1-21-12-4-8-2-3-20-7-19-11(6-14(16,17)18)13(20)9(8)5-10(12)15/h4-5,7H,2-3,6H2,1H3. The van der Waals surface area contributed by atoms with Gasteiger partial charge in [-0.25, -0.2) is 4.98 Å². The number of aromatic nitrogens is 2. The molecule has 0 unspecified atom stereocenters. The molecule has 0 aliphatic carbocycles. The van der Waals surface area contributed by atoms with Crippen LogP contribution in [0.1, 0.15) is 11.3 Å². The summed E-state index contributed by atoms with van der Waals surface area (Å²) < 4.78 is 45.8. The average Bonchev–Trinajstić information content (AvgIpc) is 2.79. The Morgan fingerprint density at radius 2 is 2.14 bits per heavy atom. The molecule has 1 aromatic heterocycles. The van der Waals surface area contributed by atoms with E-state index in [-0.39, 0.29) is 5.69 Å². The molecule has 7 heteroatoms. The Morgan fingerprint density at radius 1 is 1.38 bits per heavy atom. The first kappa shape index (κ1) is 14.4. The van der Waals surface area contributed by atoms with Gasteiger partial charge in [-0.1, -0.05) is 0 Å². The first-order valence-corrected chi connectivity index (χ1v) is 7.16. The molecule has 0 bridgehead atoms. The fraction of sp³-hybridized carbons (Fsp3) is 0.357. The largest absolute Gasteiger partial charge is 0.496 e. The molecule has 3 nitrogen and oxygen atoms in total. The highest BCUT2D eigenvalue weighted by Crippen LogP contribution is 2.39. The van der Waals surface area contributed by atoms with E-state index < -0.39 is 12.6 Å². The number of rotatable bonds is 2. The van der Waals surface area contributed by atoms with E-state index in [1.54, 1.807) is 17.7 Å². The molecule has 3 rings (SSSR count). The van der Waals surface area contributed by atoms with E-state index in [0.29, 0.717) is 18.0 Å². The summed E-state index contributed by atoms with van der Waals surface area (Å²) >= 11 is 3.38. The first-order chi connectivity index (χ1) is 9.89. The fourth-order valence-electron chi connectivity index (χ4n) is 2.64. The van der Waals surface area contributed by atoms with Crippen molar-refractivity contribution in [2.75, 3.05) is 7.11 Å². The van der Waals surface area contributed by atoms with Crippen LogP contribution < -0.4 is 4.74 Å². The van der Waals surface area contributed by atoms with Crippen LogP contribution in [0.5, 0.6) is 5.75 Å². The average molecular weight is 361 g/mol. The summed E-state index contributed by atoms with van der Waals surface area (Å²) in [5, 5.41) is 0. The van der Waals surface area contributed by atoms with Crippen LogP contribution in [0.25, 0.3) is 11.3 Å². The monoisotopic (exact) mass is 360 g/mol. The van der Waals surface area contributed by atoms with E-state index in [0.717, 1.165) is 22.0 Å². The number of ether oxygens (including phenoxy) is 1. The number of imidazole rings is 1. The summed E-state index contributed by atoms with van der Waals surface area (Å²) in [6.07, 6.45) is -3.05. The number of halogens is 4. The molecule has 2 heterocycles. The summed E-state index contributed by atoms with van der Waals surface area (Å²) in [6.45, 7) is 0.623. The minimum Gasteiger partial charge on any atom is -0.496 e. The van der Waals surface area contributed by atoms with Gasteiger partial charge in [0.1, 0.15) is 5.75 Å². The summed E-state index contributed by atoms with van der Waals surface area (Å²) in [6, 6.07) is 3.67. The molecule has 2 aromatic rings. The maximum Gasteiger partial charge on any atom is 0.394 e. The summed E-state index contributed by atoms with van der Waals surface area (Å²) in [7, 11) is 1.56. The normalized spacial score (nSPS) is 13.8. The van der Waals surface area contributed by atoms with Gasteiger partial charge in [0.25, 0.3) is 0 Å². The highest BCUT2D eigenvalue weighted by Gasteiger charge is 2.32. The number of aryl methyl sites for hydroxylation is 2. The number of hydrogen-bond donors (Lipinski definition) is 0. The molecule has 0 atom stereocenters. The van der Waals surface area contributed by atoms with Gasteiger partial charge in [0.05, 0.1) is 35.7 Å².